The maximum Gasteiger partial charge on any atom is 0.166 e. The van der Waals surface area contributed by atoms with Gasteiger partial charge in [-0.3, -0.25) is 0 Å². The first-order valence-corrected chi connectivity index (χ1v) is 11.5. The fraction of sp³-hybridized carbons (Fsp3) is 0.385. The summed E-state index contributed by atoms with van der Waals surface area (Å²) in [6.07, 6.45) is 0.347. The highest BCUT2D eigenvalue weighted by Crippen LogP contribution is 2.77. The van der Waals surface area contributed by atoms with E-state index in [2.05, 4.69) is 63.7 Å². The standard InChI is InChI=1S/C13H4Br4Cl6/c14-4-1-5(15)8(17)6(7(4)16)3-2-11(20)9(18)10(19)12(3,21)13(11,22)23/h1,3H,2H2/t3-,11-,12+/m1/s1. The molecule has 0 heterocycles. The van der Waals surface area contributed by atoms with Crippen LogP contribution in [-0.4, -0.2) is 14.1 Å². The molecule has 2 aliphatic carbocycles. The van der Waals surface area contributed by atoms with Crippen LogP contribution in [0.2, 0.25) is 0 Å². The molecule has 126 valence electrons. The topological polar surface area (TPSA) is 0 Å². The SMILES string of the molecule is ClC1=C(Cl)[C@@]2(Cl)[C@@H](c3c(Br)c(Br)cc(Br)c3Br)C[C@]1(Cl)C2(Cl)Cl. The van der Waals surface area contributed by atoms with Crippen LogP contribution < -0.4 is 0 Å². The van der Waals surface area contributed by atoms with E-state index in [0.29, 0.717) is 6.42 Å². The predicted molar refractivity (Wildman–Crippen MR) is 115 cm³/mol. The molecular formula is C13H4Br4Cl6. The minimum atomic E-state index is -1.55. The Bertz CT molecular complexity index is 737. The summed E-state index contributed by atoms with van der Waals surface area (Å²) in [5, 5.41) is 0.394. The molecule has 0 unspecified atom stereocenters. The second kappa shape index (κ2) is 6.32. The number of hydrogen-bond acceptors (Lipinski definition) is 0. The first-order chi connectivity index (χ1) is 10.4. The van der Waals surface area contributed by atoms with E-state index in [4.69, 9.17) is 69.6 Å². The first-order valence-electron chi connectivity index (χ1n) is 6.06. The molecule has 0 nitrogen and oxygen atoms in total. The van der Waals surface area contributed by atoms with Crippen molar-refractivity contribution in [1.82, 2.24) is 0 Å². The van der Waals surface area contributed by atoms with Crippen LogP contribution >= 0.6 is 133 Å². The molecule has 1 aromatic carbocycles. The summed E-state index contributed by atoms with van der Waals surface area (Å²) in [7, 11) is 0. The van der Waals surface area contributed by atoms with E-state index in [1.807, 2.05) is 6.07 Å². The van der Waals surface area contributed by atoms with Gasteiger partial charge in [-0.25, -0.2) is 0 Å². The van der Waals surface area contributed by atoms with E-state index in [0.717, 1.165) is 23.5 Å². The Kier molecular flexibility index (Phi) is 5.59. The van der Waals surface area contributed by atoms with Crippen LogP contribution in [0.15, 0.2) is 34.0 Å². The minimum absolute atomic E-state index is 0.187. The van der Waals surface area contributed by atoms with Gasteiger partial charge in [-0.1, -0.05) is 46.4 Å². The lowest BCUT2D eigenvalue weighted by Crippen LogP contribution is -2.43. The van der Waals surface area contributed by atoms with Crippen LogP contribution in [0.25, 0.3) is 0 Å². The Morgan fingerprint density at radius 3 is 1.74 bits per heavy atom. The molecule has 0 amide bonds. The summed E-state index contributed by atoms with van der Waals surface area (Å²) in [4.78, 5) is -2.57. The number of benzene rings is 1. The summed E-state index contributed by atoms with van der Waals surface area (Å²) in [5.41, 5.74) is 0.858. The molecular weight excluding hydrogens is 688 g/mol. The summed E-state index contributed by atoms with van der Waals surface area (Å²) in [5.74, 6) is -0.357. The fourth-order valence-electron chi connectivity index (χ4n) is 3.11. The van der Waals surface area contributed by atoms with Gasteiger partial charge < -0.3 is 0 Å². The zero-order valence-electron chi connectivity index (χ0n) is 10.6. The predicted octanol–water partition coefficient (Wildman–Crippen LogP) is 9.06. The number of alkyl halides is 4. The molecule has 23 heavy (non-hydrogen) atoms. The van der Waals surface area contributed by atoms with Gasteiger partial charge in [-0.2, -0.15) is 0 Å². The Morgan fingerprint density at radius 1 is 0.870 bits per heavy atom. The van der Waals surface area contributed by atoms with Crippen molar-refractivity contribution < 1.29 is 0 Å². The Morgan fingerprint density at radius 2 is 1.35 bits per heavy atom. The summed E-state index contributed by atoms with van der Waals surface area (Å²) in [6.45, 7) is 0. The third-order valence-electron chi connectivity index (χ3n) is 4.27. The molecule has 0 spiro atoms. The molecule has 0 aromatic heterocycles. The number of hydrogen-bond donors (Lipinski definition) is 0. The molecule has 1 saturated carbocycles. The van der Waals surface area contributed by atoms with E-state index < -0.39 is 14.1 Å². The molecule has 1 fully saturated rings. The van der Waals surface area contributed by atoms with Crippen molar-refractivity contribution in [2.45, 2.75) is 26.4 Å². The van der Waals surface area contributed by atoms with E-state index in [9.17, 15) is 0 Å². The lowest BCUT2D eigenvalue weighted by atomic mass is 9.85. The molecule has 2 bridgehead atoms. The molecule has 3 rings (SSSR count). The van der Waals surface area contributed by atoms with Gasteiger partial charge in [0.2, 0.25) is 0 Å². The van der Waals surface area contributed by atoms with Crippen LogP contribution in [0.1, 0.15) is 17.9 Å². The van der Waals surface area contributed by atoms with Gasteiger partial charge in [0.05, 0.1) is 10.1 Å². The highest BCUT2D eigenvalue weighted by Gasteiger charge is 2.78. The van der Waals surface area contributed by atoms with Crippen LogP contribution in [-0.2, 0) is 0 Å². The fourth-order valence-corrected chi connectivity index (χ4v) is 8.52. The largest absolute Gasteiger partial charge is 0.166 e. The van der Waals surface area contributed by atoms with Crippen molar-refractivity contribution >= 4 is 133 Å². The third kappa shape index (κ3) is 2.46. The number of halogens is 10. The second-order valence-corrected chi connectivity index (χ2v) is 12.0. The Hall–Kier alpha value is 2.62. The van der Waals surface area contributed by atoms with Gasteiger partial charge in [0.1, 0.15) is 9.75 Å². The number of allylic oxidation sites excluding steroid dienone is 2. The van der Waals surface area contributed by atoms with E-state index >= 15 is 0 Å². The van der Waals surface area contributed by atoms with E-state index in [-0.39, 0.29) is 16.0 Å². The lowest BCUT2D eigenvalue weighted by Gasteiger charge is -2.35. The van der Waals surface area contributed by atoms with E-state index in [1.54, 1.807) is 0 Å². The molecule has 0 saturated heterocycles. The summed E-state index contributed by atoms with van der Waals surface area (Å²) in [6, 6.07) is 1.90. The van der Waals surface area contributed by atoms with Crippen LogP contribution in [0.3, 0.4) is 0 Å². The normalized spacial score (nSPS) is 35.3. The maximum atomic E-state index is 6.88. The number of fused-ring (bicyclic) bond motifs is 2. The van der Waals surface area contributed by atoms with Crippen LogP contribution in [0.4, 0.5) is 0 Å². The van der Waals surface area contributed by atoms with Gasteiger partial charge in [-0.05, 0) is 81.8 Å². The van der Waals surface area contributed by atoms with Crippen LogP contribution in [0, 0.1) is 0 Å². The first kappa shape index (κ1) is 20.4. The molecule has 0 radical (unpaired) electrons. The maximum absolute atomic E-state index is 6.88. The zero-order chi connectivity index (χ0) is 17.5. The minimum Gasteiger partial charge on any atom is -0.110 e. The van der Waals surface area contributed by atoms with Gasteiger partial charge in [0.15, 0.2) is 4.33 Å². The number of rotatable bonds is 1. The Balaban J connectivity index is 2.31. The lowest BCUT2D eigenvalue weighted by molar-refractivity contribution is 0.596. The average Bonchev–Trinajstić information content (AvgIpc) is 2.68. The van der Waals surface area contributed by atoms with Crippen molar-refractivity contribution in [1.29, 1.82) is 0 Å². The van der Waals surface area contributed by atoms with Gasteiger partial charge >= 0.3 is 0 Å². The van der Waals surface area contributed by atoms with Crippen molar-refractivity contribution in [2.75, 3.05) is 0 Å². The van der Waals surface area contributed by atoms with Crippen molar-refractivity contribution in [3.8, 4) is 0 Å². The molecule has 2 aliphatic rings. The van der Waals surface area contributed by atoms with Gasteiger partial charge in [-0.15, -0.1) is 23.2 Å². The molecule has 1 aromatic rings. The zero-order valence-corrected chi connectivity index (χ0v) is 21.5. The second-order valence-electron chi connectivity index (χ2n) is 5.35. The average molecular weight is 693 g/mol. The summed E-state index contributed by atoms with van der Waals surface area (Å²) >= 11 is 53.6. The summed E-state index contributed by atoms with van der Waals surface area (Å²) < 4.78 is 1.77. The quantitative estimate of drug-likeness (QED) is 0.204. The molecule has 0 aliphatic heterocycles. The van der Waals surface area contributed by atoms with Crippen LogP contribution in [0.5, 0.6) is 0 Å². The smallest absolute Gasteiger partial charge is 0.110 e. The highest BCUT2D eigenvalue weighted by molar-refractivity contribution is 9.14. The van der Waals surface area contributed by atoms with Crippen molar-refractivity contribution in [2.24, 2.45) is 0 Å². The molecule has 10 heteroatoms. The Labute approximate surface area is 197 Å². The third-order valence-corrected chi connectivity index (χ3v) is 12.6. The van der Waals surface area contributed by atoms with Gasteiger partial charge in [0, 0.05) is 23.8 Å². The van der Waals surface area contributed by atoms with E-state index in [1.165, 1.54) is 0 Å². The molecule has 3 atom stereocenters. The van der Waals surface area contributed by atoms with Gasteiger partial charge in [0.25, 0.3) is 0 Å². The van der Waals surface area contributed by atoms with Crippen molar-refractivity contribution in [3.63, 3.8) is 0 Å². The van der Waals surface area contributed by atoms with Crippen molar-refractivity contribution in [3.05, 3.63) is 39.6 Å². The monoisotopic (exact) mass is 686 g/mol. The molecule has 0 N–H and O–H groups in total. The highest BCUT2D eigenvalue weighted by atomic mass is 79.9.